The minimum Gasteiger partial charge on any atom is -0.309 e. The summed E-state index contributed by atoms with van der Waals surface area (Å²) >= 11 is 8.77. The number of hydrogen-bond donors (Lipinski definition) is 2. The second-order valence-electron chi connectivity index (χ2n) is 5.90. The Bertz CT molecular complexity index is 952. The second kappa shape index (κ2) is 9.65. The molecule has 3 nitrogen and oxygen atoms in total. The fourth-order valence-electron chi connectivity index (χ4n) is 2.69. The normalized spacial score (nSPS) is 11.0. The molecule has 0 spiro atoms. The molecule has 0 unspecified atom stereocenters. The number of benzene rings is 2. The zero-order chi connectivity index (χ0) is 20.1. The van der Waals surface area contributed by atoms with Crippen LogP contribution >= 0.6 is 34.9 Å². The largest absolute Gasteiger partial charge is 0.309 e. The lowest BCUT2D eigenvalue weighted by molar-refractivity contribution is 0.554. The van der Waals surface area contributed by atoms with Crippen molar-refractivity contribution in [2.45, 2.75) is 31.3 Å². The lowest BCUT2D eigenvalue weighted by Crippen LogP contribution is -2.16. The van der Waals surface area contributed by atoms with Gasteiger partial charge < -0.3 is 10.0 Å². The third kappa shape index (κ3) is 5.00. The monoisotopic (exact) mass is 443 g/mol. The molecule has 0 radical (unpaired) electrons. The Balaban J connectivity index is 1.65. The van der Waals surface area contributed by atoms with Gasteiger partial charge in [0.2, 0.25) is 0 Å². The molecule has 0 aliphatic carbocycles. The number of nitrogens with zero attached hydrogens (tertiary/aromatic N) is 1. The van der Waals surface area contributed by atoms with Crippen molar-refractivity contribution in [1.82, 2.24) is 10.3 Å². The van der Waals surface area contributed by atoms with Gasteiger partial charge in [0.05, 0.1) is 10.4 Å². The van der Waals surface area contributed by atoms with Crippen molar-refractivity contribution in [1.29, 1.82) is 0 Å². The molecule has 0 aliphatic heterocycles. The first kappa shape index (κ1) is 21.0. The zero-order valence-corrected chi connectivity index (χ0v) is 17.2. The molecule has 0 amide bonds. The van der Waals surface area contributed by atoms with E-state index in [1.165, 1.54) is 23.5 Å². The highest BCUT2D eigenvalue weighted by molar-refractivity contribution is 8.00. The van der Waals surface area contributed by atoms with E-state index in [1.54, 1.807) is 17.8 Å². The molecular formula is C19H17ClF3N3S2. The quantitative estimate of drug-likeness (QED) is 0.407. The molecule has 0 bridgehead atoms. The predicted molar refractivity (Wildman–Crippen MR) is 109 cm³/mol. The summed E-state index contributed by atoms with van der Waals surface area (Å²) in [6.07, 6.45) is 0.383. The van der Waals surface area contributed by atoms with Crippen molar-refractivity contribution < 1.29 is 13.2 Å². The molecule has 148 valence electrons. The Hall–Kier alpha value is -1.74. The molecular weight excluding hydrogens is 427 g/mol. The average Bonchev–Trinajstić information content (AvgIpc) is 3.19. The van der Waals surface area contributed by atoms with Crippen molar-refractivity contribution >= 4 is 40.7 Å². The van der Waals surface area contributed by atoms with Crippen LogP contribution in [0, 0.1) is 17.5 Å². The van der Waals surface area contributed by atoms with Crippen LogP contribution in [0.2, 0.25) is 5.02 Å². The molecule has 2 N–H and O–H groups in total. The summed E-state index contributed by atoms with van der Waals surface area (Å²) in [6, 6.07) is 5.10. The highest BCUT2D eigenvalue weighted by atomic mass is 35.5. The van der Waals surface area contributed by atoms with Gasteiger partial charge in [-0.3, -0.25) is 0 Å². The maximum atomic E-state index is 14.4. The smallest absolute Gasteiger partial charge is 0.147 e. The van der Waals surface area contributed by atoms with Gasteiger partial charge >= 0.3 is 0 Å². The van der Waals surface area contributed by atoms with Gasteiger partial charge in [0.25, 0.3) is 0 Å². The van der Waals surface area contributed by atoms with Gasteiger partial charge in [-0.05, 0) is 53.8 Å². The summed E-state index contributed by atoms with van der Waals surface area (Å²) in [4.78, 5) is 4.40. The number of aromatic nitrogens is 1. The van der Waals surface area contributed by atoms with E-state index in [0.29, 0.717) is 33.3 Å². The fourth-order valence-corrected chi connectivity index (χ4v) is 4.20. The van der Waals surface area contributed by atoms with Crippen LogP contribution in [-0.4, -0.2) is 4.98 Å². The van der Waals surface area contributed by atoms with Crippen LogP contribution in [0.15, 0.2) is 40.1 Å². The second-order valence-corrected chi connectivity index (χ2v) is 7.87. The molecule has 2 aromatic carbocycles. The number of anilines is 1. The molecule has 3 rings (SSSR count). The third-order valence-corrected chi connectivity index (χ3v) is 5.87. The van der Waals surface area contributed by atoms with Crippen LogP contribution in [0.25, 0.3) is 0 Å². The van der Waals surface area contributed by atoms with Gasteiger partial charge in [0.15, 0.2) is 0 Å². The predicted octanol–water partition coefficient (Wildman–Crippen LogP) is 6.19. The van der Waals surface area contributed by atoms with Gasteiger partial charge in [-0.25, -0.2) is 18.2 Å². The Labute approximate surface area is 174 Å². The van der Waals surface area contributed by atoms with Crippen molar-refractivity contribution in [3.8, 4) is 0 Å². The standard InChI is InChI=1S/C19H17ClF3N3S2/c1-2-12-13(16(22)4-3-15(12)21)8-24-7-11-5-17(23)18(6-14(11)20)28-26-19-9-27-10-25-19/h3-6,9-10,24,26H,2,7-8H2,1H3. The highest BCUT2D eigenvalue weighted by Gasteiger charge is 2.14. The lowest BCUT2D eigenvalue weighted by Gasteiger charge is -2.13. The van der Waals surface area contributed by atoms with Gasteiger partial charge in [0.1, 0.15) is 23.3 Å². The van der Waals surface area contributed by atoms with E-state index >= 15 is 0 Å². The number of thiazole rings is 1. The molecule has 0 saturated carbocycles. The van der Waals surface area contributed by atoms with E-state index in [2.05, 4.69) is 15.0 Å². The number of halogens is 4. The summed E-state index contributed by atoms with van der Waals surface area (Å²) in [5.41, 5.74) is 2.82. The van der Waals surface area contributed by atoms with E-state index < -0.39 is 17.5 Å². The first-order valence-corrected chi connectivity index (χ1v) is 10.6. The van der Waals surface area contributed by atoms with Crippen LogP contribution in [0.3, 0.4) is 0 Å². The van der Waals surface area contributed by atoms with Crippen molar-refractivity contribution in [2.75, 3.05) is 4.72 Å². The number of hydrogen-bond acceptors (Lipinski definition) is 5. The van der Waals surface area contributed by atoms with Gasteiger partial charge in [-0.2, -0.15) is 0 Å². The average molecular weight is 444 g/mol. The summed E-state index contributed by atoms with van der Waals surface area (Å²) < 4.78 is 45.2. The van der Waals surface area contributed by atoms with E-state index in [0.717, 1.165) is 24.1 Å². The summed E-state index contributed by atoms with van der Waals surface area (Å²) in [5, 5.41) is 5.20. The van der Waals surface area contributed by atoms with E-state index in [9.17, 15) is 13.2 Å². The molecule has 0 saturated heterocycles. The summed E-state index contributed by atoms with van der Waals surface area (Å²) in [7, 11) is 0. The van der Waals surface area contributed by atoms with E-state index in [4.69, 9.17) is 11.6 Å². The number of nitrogens with one attached hydrogen (secondary N) is 2. The van der Waals surface area contributed by atoms with Crippen molar-refractivity contribution in [3.63, 3.8) is 0 Å². The maximum absolute atomic E-state index is 14.4. The lowest BCUT2D eigenvalue weighted by atomic mass is 10.0. The first-order valence-electron chi connectivity index (χ1n) is 8.45. The minimum absolute atomic E-state index is 0.118. The fraction of sp³-hybridized carbons (Fsp3) is 0.211. The molecule has 1 heterocycles. The van der Waals surface area contributed by atoms with Crippen molar-refractivity contribution in [2.24, 2.45) is 0 Å². The summed E-state index contributed by atoms with van der Waals surface area (Å²) in [6.45, 7) is 2.11. The van der Waals surface area contributed by atoms with Crippen molar-refractivity contribution in [3.05, 3.63) is 74.3 Å². The van der Waals surface area contributed by atoms with Gasteiger partial charge in [0, 0.05) is 29.1 Å². The minimum atomic E-state index is -0.470. The van der Waals surface area contributed by atoms with Gasteiger partial charge in [-0.15, -0.1) is 11.3 Å². The molecule has 9 heteroatoms. The molecule has 28 heavy (non-hydrogen) atoms. The van der Waals surface area contributed by atoms with E-state index in [-0.39, 0.29) is 18.7 Å². The Morgan fingerprint density at radius 2 is 1.82 bits per heavy atom. The Kier molecular flexibility index (Phi) is 7.23. The maximum Gasteiger partial charge on any atom is 0.147 e. The van der Waals surface area contributed by atoms with Crippen LogP contribution < -0.4 is 10.0 Å². The molecule has 0 aliphatic rings. The van der Waals surface area contributed by atoms with Gasteiger partial charge in [-0.1, -0.05) is 18.5 Å². The Morgan fingerprint density at radius 1 is 1.07 bits per heavy atom. The number of rotatable bonds is 8. The molecule has 0 atom stereocenters. The van der Waals surface area contributed by atoms with Crippen LogP contribution in [0.1, 0.15) is 23.6 Å². The third-order valence-electron chi connectivity index (χ3n) is 4.09. The summed E-state index contributed by atoms with van der Waals surface area (Å²) in [5.74, 6) is -0.693. The topological polar surface area (TPSA) is 37.0 Å². The van der Waals surface area contributed by atoms with Crippen LogP contribution in [-0.2, 0) is 19.5 Å². The highest BCUT2D eigenvalue weighted by Crippen LogP contribution is 2.29. The molecule has 1 aromatic heterocycles. The van der Waals surface area contributed by atoms with Crippen LogP contribution in [0.5, 0.6) is 0 Å². The Morgan fingerprint density at radius 3 is 2.50 bits per heavy atom. The zero-order valence-electron chi connectivity index (χ0n) is 14.9. The molecule has 3 aromatic rings. The first-order chi connectivity index (χ1) is 13.5. The van der Waals surface area contributed by atoms with Crippen LogP contribution in [0.4, 0.5) is 19.0 Å². The SMILES string of the molecule is CCc1c(F)ccc(F)c1CNCc1cc(F)c(SNc2cscn2)cc1Cl. The van der Waals surface area contributed by atoms with E-state index in [1.807, 2.05) is 0 Å². The molecule has 0 fully saturated rings.